The van der Waals surface area contributed by atoms with Crippen molar-refractivity contribution < 1.29 is 14.2 Å². The molecule has 0 heterocycles. The van der Waals surface area contributed by atoms with Crippen molar-refractivity contribution in [3.8, 4) is 11.5 Å². The van der Waals surface area contributed by atoms with Gasteiger partial charge in [0.05, 0.1) is 13.2 Å². The normalized spacial score (nSPS) is 9.85. The lowest BCUT2D eigenvalue weighted by atomic mass is 10.2. The van der Waals surface area contributed by atoms with E-state index in [1.807, 2.05) is 0 Å². The highest BCUT2D eigenvalue weighted by Gasteiger charge is 1.99. The van der Waals surface area contributed by atoms with Crippen molar-refractivity contribution >= 4 is 24.1 Å². The van der Waals surface area contributed by atoms with Crippen LogP contribution in [0.3, 0.4) is 0 Å². The zero-order chi connectivity index (χ0) is 18.1. The minimum atomic E-state index is 0. The maximum Gasteiger partial charge on any atom is 0.122 e. The Hall–Kier alpha value is -2.77. The van der Waals surface area contributed by atoms with Gasteiger partial charge in [-0.3, -0.25) is 10.8 Å². The molecule has 26 heavy (non-hydrogen) atoms. The number of nitrogens with one attached hydrogen (secondary N) is 2. The molecule has 0 fully saturated rings. The average Bonchev–Trinajstić information content (AvgIpc) is 2.61. The number of benzene rings is 2. The van der Waals surface area contributed by atoms with Crippen LogP contribution >= 0.6 is 12.4 Å². The average molecular weight is 379 g/mol. The Balaban J connectivity index is 0.00000338. The molecule has 0 aromatic heterocycles. The standard InChI is InChI=1S/C18H22N4O3.ClH/c19-17(20)13-1-5-15(6-2-13)24-11-9-23-10-12-25-16-7-3-14(4-8-16)18(21)22;/h1-8H,9-12H2,(H3,19,20)(H3,21,22);1H. The van der Waals surface area contributed by atoms with E-state index >= 15 is 0 Å². The fraction of sp³-hybridized carbons (Fsp3) is 0.222. The summed E-state index contributed by atoms with van der Waals surface area (Å²) in [4.78, 5) is 0. The van der Waals surface area contributed by atoms with E-state index in [1.54, 1.807) is 48.5 Å². The Morgan fingerprint density at radius 2 is 1.00 bits per heavy atom. The molecule has 0 aliphatic rings. The van der Waals surface area contributed by atoms with Gasteiger partial charge in [0.15, 0.2) is 0 Å². The fourth-order valence-electron chi connectivity index (χ4n) is 2.00. The van der Waals surface area contributed by atoms with Gasteiger partial charge in [0.25, 0.3) is 0 Å². The van der Waals surface area contributed by atoms with Gasteiger partial charge in [0, 0.05) is 11.1 Å². The molecule has 0 saturated carbocycles. The summed E-state index contributed by atoms with van der Waals surface area (Å²) in [6, 6.07) is 14.0. The van der Waals surface area contributed by atoms with Crippen LogP contribution in [0.25, 0.3) is 0 Å². The van der Waals surface area contributed by atoms with Gasteiger partial charge in [-0.05, 0) is 48.5 Å². The molecule has 0 radical (unpaired) electrons. The zero-order valence-corrected chi connectivity index (χ0v) is 15.1. The van der Waals surface area contributed by atoms with Crippen LogP contribution in [0.15, 0.2) is 48.5 Å². The van der Waals surface area contributed by atoms with Crippen molar-refractivity contribution in [1.82, 2.24) is 0 Å². The number of amidine groups is 2. The smallest absolute Gasteiger partial charge is 0.122 e. The maximum atomic E-state index is 7.32. The molecule has 0 aliphatic carbocycles. The van der Waals surface area contributed by atoms with Crippen LogP contribution in [0.5, 0.6) is 11.5 Å². The second-order valence-electron chi connectivity index (χ2n) is 5.19. The monoisotopic (exact) mass is 378 g/mol. The number of nitrogen functional groups attached to an aromatic ring is 2. The topological polar surface area (TPSA) is 127 Å². The molecule has 6 N–H and O–H groups in total. The van der Waals surface area contributed by atoms with E-state index in [1.165, 1.54) is 0 Å². The summed E-state index contributed by atoms with van der Waals surface area (Å²) in [5.41, 5.74) is 12.1. The predicted octanol–water partition coefficient (Wildman–Crippen LogP) is 2.15. The first-order valence-corrected chi connectivity index (χ1v) is 7.78. The summed E-state index contributed by atoms with van der Waals surface area (Å²) in [5, 5.41) is 14.6. The van der Waals surface area contributed by atoms with Gasteiger partial charge in [-0.15, -0.1) is 12.4 Å². The first kappa shape index (κ1) is 21.3. The first-order chi connectivity index (χ1) is 12.1. The van der Waals surface area contributed by atoms with Crippen molar-refractivity contribution in [2.75, 3.05) is 26.4 Å². The minimum Gasteiger partial charge on any atom is -0.491 e. The Morgan fingerprint density at radius 3 is 1.31 bits per heavy atom. The van der Waals surface area contributed by atoms with E-state index < -0.39 is 0 Å². The molecule has 0 spiro atoms. The van der Waals surface area contributed by atoms with Gasteiger partial charge in [0.2, 0.25) is 0 Å². The molecule has 0 unspecified atom stereocenters. The quantitative estimate of drug-likeness (QED) is 0.286. The number of hydrogen-bond donors (Lipinski definition) is 4. The second kappa shape index (κ2) is 11.0. The summed E-state index contributed by atoms with van der Waals surface area (Å²) < 4.78 is 16.5. The molecule has 2 aromatic rings. The summed E-state index contributed by atoms with van der Waals surface area (Å²) in [7, 11) is 0. The summed E-state index contributed by atoms with van der Waals surface area (Å²) >= 11 is 0. The van der Waals surface area contributed by atoms with Crippen molar-refractivity contribution in [3.63, 3.8) is 0 Å². The van der Waals surface area contributed by atoms with Gasteiger partial charge in [-0.1, -0.05) is 0 Å². The highest BCUT2D eigenvalue weighted by atomic mass is 35.5. The number of nitrogens with two attached hydrogens (primary N) is 2. The van der Waals surface area contributed by atoms with Gasteiger partial charge in [0.1, 0.15) is 36.4 Å². The Labute approximate surface area is 158 Å². The summed E-state index contributed by atoms with van der Waals surface area (Å²) in [5.74, 6) is 1.47. The SMILES string of the molecule is Cl.N=C(N)c1ccc(OCCOCCOc2ccc(C(=N)N)cc2)cc1. The highest BCUT2D eigenvalue weighted by Crippen LogP contribution is 2.12. The van der Waals surface area contributed by atoms with Crippen LogP contribution in [0.4, 0.5) is 0 Å². The number of ether oxygens (including phenoxy) is 3. The van der Waals surface area contributed by atoms with E-state index in [9.17, 15) is 0 Å². The minimum absolute atomic E-state index is 0. The lowest BCUT2D eigenvalue weighted by molar-refractivity contribution is 0.0764. The molecular weight excluding hydrogens is 356 g/mol. The molecule has 0 amide bonds. The van der Waals surface area contributed by atoms with E-state index in [0.29, 0.717) is 49.1 Å². The lowest BCUT2D eigenvalue weighted by Crippen LogP contribution is -2.13. The highest BCUT2D eigenvalue weighted by molar-refractivity contribution is 5.95. The van der Waals surface area contributed by atoms with Crippen molar-refractivity contribution in [2.45, 2.75) is 0 Å². The second-order valence-corrected chi connectivity index (χ2v) is 5.19. The predicted molar refractivity (Wildman–Crippen MR) is 104 cm³/mol. The van der Waals surface area contributed by atoms with E-state index in [-0.39, 0.29) is 24.1 Å². The van der Waals surface area contributed by atoms with E-state index in [0.717, 1.165) is 0 Å². The zero-order valence-electron chi connectivity index (χ0n) is 14.2. The molecule has 140 valence electrons. The largest absolute Gasteiger partial charge is 0.491 e. The molecule has 0 aliphatic heterocycles. The molecule has 0 bridgehead atoms. The Kier molecular flexibility index (Phi) is 8.97. The van der Waals surface area contributed by atoms with E-state index in [4.69, 9.17) is 36.5 Å². The van der Waals surface area contributed by atoms with E-state index in [2.05, 4.69) is 0 Å². The van der Waals surface area contributed by atoms with Gasteiger partial charge in [-0.25, -0.2) is 0 Å². The Morgan fingerprint density at radius 1 is 0.654 bits per heavy atom. The van der Waals surface area contributed by atoms with Crippen LogP contribution in [-0.2, 0) is 4.74 Å². The van der Waals surface area contributed by atoms with Crippen LogP contribution in [-0.4, -0.2) is 38.1 Å². The summed E-state index contributed by atoms with van der Waals surface area (Å²) in [6.45, 7) is 1.74. The molecule has 7 nitrogen and oxygen atoms in total. The first-order valence-electron chi connectivity index (χ1n) is 7.78. The fourth-order valence-corrected chi connectivity index (χ4v) is 2.00. The van der Waals surface area contributed by atoms with Gasteiger partial charge < -0.3 is 25.7 Å². The summed E-state index contributed by atoms with van der Waals surface area (Å²) in [6.07, 6.45) is 0. The molecule has 8 heteroatoms. The lowest BCUT2D eigenvalue weighted by Gasteiger charge is -2.09. The molecule has 2 rings (SSSR count). The maximum absolute atomic E-state index is 7.32. The van der Waals surface area contributed by atoms with Crippen molar-refractivity contribution in [2.24, 2.45) is 11.5 Å². The Bertz CT molecular complexity index is 644. The number of rotatable bonds is 10. The molecule has 0 atom stereocenters. The van der Waals surface area contributed by atoms with Gasteiger partial charge in [-0.2, -0.15) is 0 Å². The van der Waals surface area contributed by atoms with Crippen LogP contribution < -0.4 is 20.9 Å². The number of hydrogen-bond acceptors (Lipinski definition) is 5. The molecular formula is C18H23ClN4O3. The van der Waals surface area contributed by atoms with Gasteiger partial charge >= 0.3 is 0 Å². The molecule has 0 saturated heterocycles. The third-order valence-corrected chi connectivity index (χ3v) is 3.32. The third kappa shape index (κ3) is 7.00. The van der Waals surface area contributed by atoms with Crippen LogP contribution in [0.2, 0.25) is 0 Å². The van der Waals surface area contributed by atoms with Crippen molar-refractivity contribution in [1.29, 1.82) is 10.8 Å². The number of halogens is 1. The van der Waals surface area contributed by atoms with Crippen LogP contribution in [0.1, 0.15) is 11.1 Å². The molecule has 2 aromatic carbocycles. The third-order valence-electron chi connectivity index (χ3n) is 3.32. The van der Waals surface area contributed by atoms with Crippen LogP contribution in [0, 0.1) is 10.8 Å². The van der Waals surface area contributed by atoms with Crippen molar-refractivity contribution in [3.05, 3.63) is 59.7 Å².